The van der Waals surface area contributed by atoms with Crippen molar-refractivity contribution in [1.82, 2.24) is 9.97 Å². The van der Waals surface area contributed by atoms with Crippen LogP contribution < -0.4 is 5.19 Å². The average molecular weight is 892 g/mol. The first-order valence-corrected chi connectivity index (χ1v) is 20.9. The largest absolute Gasteiger partial charge is 0.477 e. The summed E-state index contributed by atoms with van der Waals surface area (Å²) in [4.78, 5) is 9.11. The smallest absolute Gasteiger partial charge is 0.123 e. The van der Waals surface area contributed by atoms with Crippen LogP contribution in [0, 0.1) is 24.8 Å². The second-order valence-corrected chi connectivity index (χ2v) is 19.4. The van der Waals surface area contributed by atoms with Gasteiger partial charge in [-0.15, -0.1) is 47.0 Å². The van der Waals surface area contributed by atoms with Crippen LogP contribution in [0.15, 0.2) is 138 Å². The molecule has 6 heteroatoms. The molecule has 0 N–H and O–H groups in total. The zero-order valence-electron chi connectivity index (χ0n) is 33.3. The Morgan fingerprint density at radius 2 is 1.51 bits per heavy atom. The van der Waals surface area contributed by atoms with E-state index in [4.69, 9.17) is 8.53 Å². The summed E-state index contributed by atoms with van der Waals surface area (Å²) < 4.78 is 42.8. The average Bonchev–Trinajstić information content (AvgIpc) is 3.55. The van der Waals surface area contributed by atoms with Gasteiger partial charge in [-0.2, -0.15) is 0 Å². The van der Waals surface area contributed by atoms with E-state index in [2.05, 4.69) is 79.9 Å². The Balaban J connectivity index is 0.000000188. The molecule has 0 saturated carbocycles. The van der Waals surface area contributed by atoms with Gasteiger partial charge in [-0.05, 0) is 68.8 Å². The Morgan fingerprint density at radius 1 is 0.736 bits per heavy atom. The molecule has 0 aliphatic rings. The molecule has 1 radical (unpaired) electrons. The summed E-state index contributed by atoms with van der Waals surface area (Å²) in [6.45, 7) is 9.01. The maximum Gasteiger partial charge on any atom is 0.123 e. The topological polar surface area (TPSA) is 38.9 Å². The molecule has 0 bridgehead atoms. The minimum atomic E-state index is -2.19. The van der Waals surface area contributed by atoms with Gasteiger partial charge in [-0.3, -0.25) is 0 Å². The molecule has 8 rings (SSSR count). The molecule has 3 nitrogen and oxygen atoms in total. The van der Waals surface area contributed by atoms with Crippen molar-refractivity contribution in [2.75, 3.05) is 0 Å². The quantitative estimate of drug-likeness (QED) is 0.123. The van der Waals surface area contributed by atoms with E-state index in [0.717, 1.165) is 55.6 Å². The second-order valence-electron chi connectivity index (χ2n) is 14.3. The van der Waals surface area contributed by atoms with Gasteiger partial charge in [0.05, 0.1) is 13.7 Å². The number of rotatable bonds is 6. The number of benzene rings is 5. The summed E-state index contributed by atoms with van der Waals surface area (Å²) in [7, 11) is -1.40. The molecule has 0 amide bonds. The van der Waals surface area contributed by atoms with Gasteiger partial charge in [-0.1, -0.05) is 136 Å². The van der Waals surface area contributed by atoms with Crippen molar-refractivity contribution in [2.24, 2.45) is 0 Å². The van der Waals surface area contributed by atoms with Gasteiger partial charge in [0.15, 0.2) is 0 Å². The molecule has 5 aromatic carbocycles. The van der Waals surface area contributed by atoms with E-state index in [1.165, 1.54) is 22.9 Å². The van der Waals surface area contributed by atoms with Gasteiger partial charge in [-0.25, -0.2) is 4.39 Å². The zero-order chi connectivity index (χ0) is 38.9. The van der Waals surface area contributed by atoms with Crippen LogP contribution in [-0.4, -0.2) is 18.0 Å². The molecular formula is C47H41FIrN2OSi-2. The van der Waals surface area contributed by atoms with E-state index in [1.807, 2.05) is 79.1 Å². The van der Waals surface area contributed by atoms with Crippen LogP contribution in [0.5, 0.6) is 0 Å². The van der Waals surface area contributed by atoms with Crippen molar-refractivity contribution in [3.8, 4) is 44.8 Å². The van der Waals surface area contributed by atoms with Crippen molar-refractivity contribution in [3.05, 3.63) is 163 Å². The molecular weight excluding hydrogens is 848 g/mol. The third-order valence-corrected chi connectivity index (χ3v) is 11.3. The normalized spacial score (nSPS) is 12.4. The summed E-state index contributed by atoms with van der Waals surface area (Å²) in [6, 6.07) is 44.5. The van der Waals surface area contributed by atoms with Crippen molar-refractivity contribution < 1.29 is 33.0 Å². The third-order valence-electron chi connectivity index (χ3n) is 9.24. The van der Waals surface area contributed by atoms with Crippen LogP contribution >= 0.6 is 0 Å². The number of furan rings is 1. The first-order chi connectivity index (χ1) is 26.2. The molecule has 3 heterocycles. The molecule has 0 aliphatic carbocycles. The SMILES string of the molecule is CC(C)c1ccnc(-c2[c-]c3oc4ccc(-c5ccc(F)cc5)cc4c3cc2)c1.[2H]C([2H])([2H])c1c[c-]c(-c2ccc([Si](C)(C)C)cn2)cc1-c1ccccc1.[Ir]. The number of pyridine rings is 2. The van der Waals surface area contributed by atoms with E-state index in [0.29, 0.717) is 22.6 Å². The molecule has 0 fully saturated rings. The van der Waals surface area contributed by atoms with E-state index in [1.54, 1.807) is 18.2 Å². The monoisotopic (exact) mass is 892 g/mol. The van der Waals surface area contributed by atoms with Gasteiger partial charge in [0.1, 0.15) is 11.4 Å². The number of aromatic nitrogens is 2. The van der Waals surface area contributed by atoms with Crippen LogP contribution in [0.3, 0.4) is 0 Å². The number of halogens is 1. The standard InChI is InChI=1S/C26H19FNO.C21H22NSi.Ir/c1-16(2)18-11-12-28-24(14-18)20-5-9-22-23-13-19(17-3-7-21(27)8-4-17)6-10-25(23)29-26(22)15-20;1-16-10-11-18(14-20(16)17-8-6-5-7-9-17)21-13-12-19(15-22-21)23(2,3)4;/h3-14,16H,1-2H3;5-10,12-15H,1-4H3;/q2*-1;/i;1D3;. The minimum Gasteiger partial charge on any atom is -0.477 e. The fourth-order valence-corrected chi connectivity index (χ4v) is 7.16. The zero-order valence-corrected chi connectivity index (χ0v) is 33.7. The van der Waals surface area contributed by atoms with E-state index in [-0.39, 0.29) is 25.9 Å². The molecule has 3 aromatic heterocycles. The molecule has 0 unspecified atom stereocenters. The molecule has 267 valence electrons. The third kappa shape index (κ3) is 8.47. The molecule has 0 spiro atoms. The summed E-state index contributed by atoms with van der Waals surface area (Å²) >= 11 is 0. The summed E-state index contributed by atoms with van der Waals surface area (Å²) in [6.07, 6.45) is 3.78. The number of hydrogen-bond donors (Lipinski definition) is 0. The number of nitrogens with zero attached hydrogens (tertiary/aromatic N) is 2. The van der Waals surface area contributed by atoms with Gasteiger partial charge in [0.2, 0.25) is 0 Å². The van der Waals surface area contributed by atoms with E-state index >= 15 is 0 Å². The maximum absolute atomic E-state index is 13.2. The molecule has 0 atom stereocenters. The number of hydrogen-bond acceptors (Lipinski definition) is 3. The molecule has 8 aromatic rings. The second kappa shape index (κ2) is 15.9. The van der Waals surface area contributed by atoms with Gasteiger partial charge in [0, 0.05) is 36.6 Å². The van der Waals surface area contributed by atoms with Crippen molar-refractivity contribution in [3.63, 3.8) is 0 Å². The van der Waals surface area contributed by atoms with Crippen molar-refractivity contribution in [2.45, 2.75) is 46.3 Å². The predicted molar refractivity (Wildman–Crippen MR) is 217 cm³/mol. The van der Waals surface area contributed by atoms with Crippen molar-refractivity contribution in [1.29, 1.82) is 0 Å². The molecule has 0 saturated heterocycles. The Bertz CT molecular complexity index is 2600. The summed E-state index contributed by atoms with van der Waals surface area (Å²) in [5.41, 5.74) is 10.1. The number of fused-ring (bicyclic) bond motifs is 3. The first-order valence-electron chi connectivity index (χ1n) is 18.9. The maximum atomic E-state index is 13.2. The molecule has 0 aliphatic heterocycles. The number of aryl methyl sites for hydroxylation is 1. The van der Waals surface area contributed by atoms with E-state index in [9.17, 15) is 4.39 Å². The van der Waals surface area contributed by atoms with Crippen molar-refractivity contribution >= 4 is 35.2 Å². The summed E-state index contributed by atoms with van der Waals surface area (Å²) in [5, 5.41) is 3.32. The minimum absolute atomic E-state index is 0. The van der Waals surface area contributed by atoms with Crippen LogP contribution in [0.25, 0.3) is 66.7 Å². The fourth-order valence-electron chi connectivity index (χ4n) is 6.12. The molecule has 53 heavy (non-hydrogen) atoms. The first kappa shape index (κ1) is 33.8. The van der Waals surface area contributed by atoms with Crippen LogP contribution in [0.2, 0.25) is 19.6 Å². The van der Waals surface area contributed by atoms with Crippen LogP contribution in [0.4, 0.5) is 4.39 Å². The van der Waals surface area contributed by atoms with Gasteiger partial charge in [0.25, 0.3) is 0 Å². The summed E-state index contributed by atoms with van der Waals surface area (Å²) in [5.74, 6) is 0.206. The Kier molecular flexibility index (Phi) is 10.2. The Hall–Kier alpha value is -5.00. The van der Waals surface area contributed by atoms with Gasteiger partial charge < -0.3 is 14.4 Å². The van der Waals surface area contributed by atoms with Crippen LogP contribution in [-0.2, 0) is 20.1 Å². The Labute approximate surface area is 330 Å². The van der Waals surface area contributed by atoms with Gasteiger partial charge >= 0.3 is 0 Å². The predicted octanol–water partition coefficient (Wildman–Crippen LogP) is 12.4. The fraction of sp³-hybridized carbons (Fsp3) is 0.149. The van der Waals surface area contributed by atoms with Crippen LogP contribution in [0.1, 0.15) is 35.0 Å². The Morgan fingerprint density at radius 3 is 2.21 bits per heavy atom. The van der Waals surface area contributed by atoms with E-state index < -0.39 is 14.9 Å².